The Morgan fingerprint density at radius 1 is 1.11 bits per heavy atom. The lowest BCUT2D eigenvalue weighted by Crippen LogP contribution is -2.60. The Bertz CT molecular complexity index is 613. The first kappa shape index (κ1) is 22.0. The molecule has 1 saturated carbocycles. The Hall–Kier alpha value is -0.683. The van der Waals surface area contributed by atoms with Gasteiger partial charge in [0.2, 0.25) is 0 Å². The van der Waals surface area contributed by atoms with E-state index >= 15 is 0 Å². The van der Waals surface area contributed by atoms with Gasteiger partial charge in [0.15, 0.2) is 8.32 Å². The first-order chi connectivity index (χ1) is 13.2. The van der Waals surface area contributed by atoms with Crippen LogP contribution in [0.3, 0.4) is 0 Å². The van der Waals surface area contributed by atoms with Crippen LogP contribution >= 0.6 is 0 Å². The molecule has 0 spiro atoms. The van der Waals surface area contributed by atoms with E-state index in [1.165, 1.54) is 31.2 Å². The van der Waals surface area contributed by atoms with Crippen LogP contribution in [0.1, 0.15) is 58.9 Å². The third kappa shape index (κ3) is 5.27. The van der Waals surface area contributed by atoms with Gasteiger partial charge in [0.1, 0.15) is 0 Å². The largest absolute Gasteiger partial charge is 0.412 e. The predicted molar refractivity (Wildman–Crippen MR) is 120 cm³/mol. The first-order valence-electron chi connectivity index (χ1n) is 11.2. The molecule has 3 rings (SSSR count). The van der Waals surface area contributed by atoms with Crippen LogP contribution in [0.25, 0.3) is 0 Å². The van der Waals surface area contributed by atoms with Crippen LogP contribution in [0.15, 0.2) is 30.3 Å². The van der Waals surface area contributed by atoms with Crippen LogP contribution in [0.2, 0.25) is 18.1 Å². The van der Waals surface area contributed by atoms with Gasteiger partial charge < -0.3 is 14.5 Å². The SMILES string of the molecule is C[C@@H]1N[C@H]2CCC[C@@H](COCc3ccccc3)[C@H]2C[C@H]1O[Si](C)(C)C(C)(C)C. The highest BCUT2D eigenvalue weighted by molar-refractivity contribution is 6.74. The molecule has 1 aromatic carbocycles. The smallest absolute Gasteiger partial charge is 0.192 e. The molecule has 0 radical (unpaired) electrons. The minimum absolute atomic E-state index is 0.258. The molecule has 5 atom stereocenters. The van der Waals surface area contributed by atoms with Crippen LogP contribution in [0, 0.1) is 11.8 Å². The molecule has 3 nitrogen and oxygen atoms in total. The number of rotatable bonds is 6. The lowest BCUT2D eigenvalue weighted by atomic mass is 9.70. The average molecular weight is 404 g/mol. The molecule has 2 aliphatic rings. The van der Waals surface area contributed by atoms with Gasteiger partial charge in [-0.05, 0) is 61.7 Å². The van der Waals surface area contributed by atoms with Crippen molar-refractivity contribution < 1.29 is 9.16 Å². The zero-order valence-corrected chi connectivity index (χ0v) is 19.8. The molecule has 158 valence electrons. The Balaban J connectivity index is 1.60. The molecule has 1 aromatic rings. The quantitative estimate of drug-likeness (QED) is 0.613. The molecule has 0 aromatic heterocycles. The summed E-state index contributed by atoms with van der Waals surface area (Å²) in [4.78, 5) is 0. The number of hydrogen-bond acceptors (Lipinski definition) is 3. The van der Waals surface area contributed by atoms with E-state index in [0.29, 0.717) is 30.0 Å². The molecule has 0 amide bonds. The lowest BCUT2D eigenvalue weighted by Gasteiger charge is -2.50. The topological polar surface area (TPSA) is 30.5 Å². The van der Waals surface area contributed by atoms with Crippen molar-refractivity contribution >= 4 is 8.32 Å². The second-order valence-electron chi connectivity index (χ2n) is 10.6. The Kier molecular flexibility index (Phi) is 7.07. The Morgan fingerprint density at radius 3 is 2.50 bits per heavy atom. The highest BCUT2D eigenvalue weighted by atomic mass is 28.4. The van der Waals surface area contributed by atoms with Gasteiger partial charge in [-0.3, -0.25) is 0 Å². The summed E-state index contributed by atoms with van der Waals surface area (Å²) >= 11 is 0. The van der Waals surface area contributed by atoms with Gasteiger partial charge >= 0.3 is 0 Å². The van der Waals surface area contributed by atoms with Crippen LogP contribution in [-0.4, -0.2) is 33.1 Å². The van der Waals surface area contributed by atoms with Crippen molar-refractivity contribution in [3.8, 4) is 0 Å². The molecule has 1 aliphatic heterocycles. The van der Waals surface area contributed by atoms with Gasteiger partial charge in [0, 0.05) is 12.1 Å². The second kappa shape index (κ2) is 8.99. The average Bonchev–Trinajstić information content (AvgIpc) is 2.62. The van der Waals surface area contributed by atoms with E-state index in [0.717, 1.165) is 13.2 Å². The van der Waals surface area contributed by atoms with Crippen LogP contribution < -0.4 is 5.32 Å². The molecule has 2 fully saturated rings. The number of fused-ring (bicyclic) bond motifs is 1. The predicted octanol–water partition coefficient (Wildman–Crippen LogP) is 5.76. The van der Waals surface area contributed by atoms with Crippen molar-refractivity contribution in [1.82, 2.24) is 5.32 Å². The number of hydrogen-bond donors (Lipinski definition) is 1. The van der Waals surface area contributed by atoms with Crippen molar-refractivity contribution in [3.05, 3.63) is 35.9 Å². The van der Waals surface area contributed by atoms with E-state index in [9.17, 15) is 0 Å². The number of piperidine rings is 1. The zero-order valence-electron chi connectivity index (χ0n) is 18.8. The Labute approximate surface area is 173 Å². The molecule has 28 heavy (non-hydrogen) atoms. The van der Waals surface area contributed by atoms with Crippen molar-refractivity contribution in [2.24, 2.45) is 11.8 Å². The summed E-state index contributed by atoms with van der Waals surface area (Å²) in [5.74, 6) is 1.32. The molecular formula is C24H41NO2Si. The van der Waals surface area contributed by atoms with Crippen molar-refractivity contribution in [3.63, 3.8) is 0 Å². The van der Waals surface area contributed by atoms with Crippen molar-refractivity contribution in [1.29, 1.82) is 0 Å². The second-order valence-corrected chi connectivity index (χ2v) is 15.3. The van der Waals surface area contributed by atoms with Gasteiger partial charge in [-0.25, -0.2) is 0 Å². The fraction of sp³-hybridized carbons (Fsp3) is 0.750. The summed E-state index contributed by atoms with van der Waals surface area (Å²) in [6.45, 7) is 15.7. The van der Waals surface area contributed by atoms with E-state index in [4.69, 9.17) is 9.16 Å². The van der Waals surface area contributed by atoms with Crippen LogP contribution in [-0.2, 0) is 15.8 Å². The van der Waals surface area contributed by atoms with Crippen molar-refractivity contribution in [2.45, 2.75) is 96.3 Å². The van der Waals surface area contributed by atoms with Gasteiger partial charge in [0.05, 0.1) is 19.3 Å². The maximum atomic E-state index is 6.86. The fourth-order valence-corrected chi connectivity index (χ4v) is 6.06. The summed E-state index contributed by atoms with van der Waals surface area (Å²) in [5, 5.41) is 4.18. The normalized spacial score (nSPS) is 31.4. The van der Waals surface area contributed by atoms with E-state index in [1.54, 1.807) is 0 Å². The van der Waals surface area contributed by atoms with Gasteiger partial charge in [-0.2, -0.15) is 0 Å². The van der Waals surface area contributed by atoms with Gasteiger partial charge in [-0.1, -0.05) is 57.5 Å². The summed E-state index contributed by atoms with van der Waals surface area (Å²) in [6, 6.07) is 11.6. The molecular weight excluding hydrogens is 362 g/mol. The number of benzene rings is 1. The van der Waals surface area contributed by atoms with E-state index in [1.807, 2.05) is 0 Å². The number of nitrogens with one attached hydrogen (secondary N) is 1. The molecule has 1 N–H and O–H groups in total. The molecule has 1 heterocycles. The van der Waals surface area contributed by atoms with Crippen LogP contribution in [0.4, 0.5) is 0 Å². The van der Waals surface area contributed by atoms with Crippen LogP contribution in [0.5, 0.6) is 0 Å². The molecule has 0 bridgehead atoms. The summed E-state index contributed by atoms with van der Waals surface area (Å²) < 4.78 is 13.0. The summed E-state index contributed by atoms with van der Waals surface area (Å²) in [5.41, 5.74) is 1.27. The third-order valence-electron chi connectivity index (χ3n) is 7.45. The minimum atomic E-state index is -1.75. The lowest BCUT2D eigenvalue weighted by molar-refractivity contribution is -0.0144. The molecule has 1 saturated heterocycles. The molecule has 1 aliphatic carbocycles. The monoisotopic (exact) mass is 403 g/mol. The summed E-state index contributed by atoms with van der Waals surface area (Å²) in [7, 11) is -1.75. The minimum Gasteiger partial charge on any atom is -0.412 e. The number of ether oxygens (including phenoxy) is 1. The zero-order chi connectivity index (χ0) is 20.4. The van der Waals surface area contributed by atoms with Gasteiger partial charge in [-0.15, -0.1) is 0 Å². The van der Waals surface area contributed by atoms with Gasteiger partial charge in [0.25, 0.3) is 0 Å². The molecule has 4 heteroatoms. The third-order valence-corrected chi connectivity index (χ3v) is 12.0. The van der Waals surface area contributed by atoms with Crippen molar-refractivity contribution in [2.75, 3.05) is 6.61 Å². The maximum Gasteiger partial charge on any atom is 0.192 e. The highest BCUT2D eigenvalue weighted by Gasteiger charge is 2.45. The first-order valence-corrected chi connectivity index (χ1v) is 14.1. The standard InChI is InChI=1S/C24H41NO2Si/c1-18-23(27-28(5,6)24(2,3)4)15-21-20(13-10-14-22(21)25-18)17-26-16-19-11-8-7-9-12-19/h7-9,11-12,18,20-23,25H,10,13-17H2,1-6H3/t18-,20-,21+,22-,23+/m0/s1. The maximum absolute atomic E-state index is 6.86. The van der Waals surface area contributed by atoms with E-state index in [-0.39, 0.29) is 5.04 Å². The highest BCUT2D eigenvalue weighted by Crippen LogP contribution is 2.42. The fourth-order valence-electron chi connectivity index (χ4n) is 4.65. The van der Waals surface area contributed by atoms with E-state index < -0.39 is 8.32 Å². The van der Waals surface area contributed by atoms with E-state index in [2.05, 4.69) is 76.4 Å². The Morgan fingerprint density at radius 2 is 1.82 bits per heavy atom. The molecule has 0 unspecified atom stereocenters. The summed E-state index contributed by atoms with van der Waals surface area (Å²) in [6.07, 6.45) is 5.42.